The molecule has 0 amide bonds. The number of imidazole rings is 2. The zero-order valence-electron chi connectivity index (χ0n) is 64.4. The molecule has 0 radical (unpaired) electrons. The van der Waals surface area contributed by atoms with Crippen molar-refractivity contribution in [3.8, 4) is 39.1 Å². The fourth-order valence-corrected chi connectivity index (χ4v) is 21.6. The molecule has 11 nitrogen and oxygen atoms in total. The molecule has 120 heavy (non-hydrogen) atoms. The number of halogens is 9. The lowest BCUT2D eigenvalue weighted by Crippen LogP contribution is -2.63. The standard InChI is InChI=1S/C43H29N2OP.C28H18F9O4PS.C25H23BN2O2/c46-47(34-11-3-1-4-12-34,35-13-5-2-6-14-35)36-26-23-31(24-27-36)30-19-21-32(22-20-30)33-25-28-38-37-15-7-8-16-39(37)43-44-40-17-9-10-18-41(40)45(43)42(38)29-33;29-25(30,27(33,34)35)26(31,32)28(36,37)43(39,40)41-21-15-11-19(12-16-21)20-13-17-24(18-14-20)42(38,22-7-3-1-4-8-22)23-9-5-2-6-10-23;1-24(2)25(3,4)30-26(29-24)16-13-14-18-17-9-5-6-10-19(17)23-27-20-11-7-8-12-21(20)28(23)22(18)15-16/h1-29H;1-18H;5-15H,1-4H3. The van der Waals surface area contributed by atoms with Crippen LogP contribution in [0.15, 0.2) is 352 Å². The van der Waals surface area contributed by atoms with Gasteiger partial charge in [-0.05, 0) is 126 Å². The molecule has 0 spiro atoms. The summed E-state index contributed by atoms with van der Waals surface area (Å²) in [6.07, 6.45) is -7.19. The van der Waals surface area contributed by atoms with Crippen LogP contribution in [0.3, 0.4) is 0 Å². The number of rotatable bonds is 15. The first kappa shape index (κ1) is 80.0. The molecule has 4 aromatic heterocycles. The number of alkyl halides is 9. The Hall–Kier alpha value is -12.4. The van der Waals surface area contributed by atoms with E-state index >= 15 is 0 Å². The first-order chi connectivity index (χ1) is 57.4. The molecule has 5 heterocycles. The Balaban J connectivity index is 0.000000131. The van der Waals surface area contributed by atoms with E-state index in [0.29, 0.717) is 39.2 Å². The maximum Gasteiger partial charge on any atom is 0.494 e. The number of nitrogens with zero attached hydrogens (tertiary/aromatic N) is 4. The van der Waals surface area contributed by atoms with Crippen LogP contribution in [-0.2, 0) is 28.6 Å². The largest absolute Gasteiger partial charge is 0.494 e. The zero-order valence-corrected chi connectivity index (χ0v) is 67.0. The highest BCUT2D eigenvalue weighted by Crippen LogP contribution is 2.56. The summed E-state index contributed by atoms with van der Waals surface area (Å²) in [7, 11) is -13.8. The Labute approximate surface area is 684 Å². The average molecular weight is 1670 g/mol. The predicted octanol–water partition coefficient (Wildman–Crippen LogP) is 22.0. The van der Waals surface area contributed by atoms with E-state index in [1.807, 2.05) is 84.9 Å². The van der Waals surface area contributed by atoms with Gasteiger partial charge in [0.25, 0.3) is 0 Å². The summed E-state index contributed by atoms with van der Waals surface area (Å²) < 4.78 is 192. The maximum atomic E-state index is 14.8. The first-order valence-corrected chi connectivity index (χ1v) is 43.0. The SMILES string of the molecule is CC1(C)OB(c2ccc3c4ccccc4c4nc5ccccc5n4c3c2)OC1(C)C.O=P(c1ccccc1)(c1ccccc1)c1ccc(-c2ccc(-c3ccc4c5ccccc5c5nc6ccccc6n5c4c3)cc2)cc1.O=P(c1ccccc1)(c1ccccc1)c1ccc(-c2ccc(OS(=O)(=O)C(F)(F)C(F)(F)C(F)(F)C(F)(F)F)cc2)cc1. The molecular formula is C96H70BF9N4O7P2S. The minimum Gasteiger partial charge on any atom is -0.399 e. The van der Waals surface area contributed by atoms with Crippen molar-refractivity contribution in [2.24, 2.45) is 0 Å². The molecule has 19 rings (SSSR count). The Morgan fingerprint density at radius 2 is 0.642 bits per heavy atom. The van der Waals surface area contributed by atoms with Crippen LogP contribution in [0.4, 0.5) is 39.5 Å². The van der Waals surface area contributed by atoms with Crippen LogP contribution in [0.25, 0.3) is 110 Å². The van der Waals surface area contributed by atoms with E-state index in [4.69, 9.17) is 19.3 Å². The summed E-state index contributed by atoms with van der Waals surface area (Å²) in [6, 6.07) is 111. The van der Waals surface area contributed by atoms with Gasteiger partial charge in [-0.25, -0.2) is 9.97 Å². The normalized spacial score (nSPS) is 14.1. The number of benzene rings is 14. The van der Waals surface area contributed by atoms with Crippen molar-refractivity contribution >= 4 is 146 Å². The Kier molecular flexibility index (Phi) is 20.3. The van der Waals surface area contributed by atoms with E-state index in [9.17, 15) is 57.1 Å². The van der Waals surface area contributed by atoms with Gasteiger partial charge < -0.3 is 22.6 Å². The van der Waals surface area contributed by atoms with Crippen molar-refractivity contribution in [1.29, 1.82) is 0 Å². The van der Waals surface area contributed by atoms with Crippen LogP contribution in [0.1, 0.15) is 27.7 Å². The van der Waals surface area contributed by atoms with Crippen molar-refractivity contribution in [2.75, 3.05) is 0 Å². The zero-order chi connectivity index (χ0) is 83.9. The molecule has 0 aliphatic carbocycles. The molecule has 598 valence electrons. The van der Waals surface area contributed by atoms with Gasteiger partial charge in [0.05, 0.1) is 44.3 Å². The lowest BCUT2D eigenvalue weighted by molar-refractivity contribution is -0.382. The second-order valence-electron chi connectivity index (χ2n) is 30.2. The fourth-order valence-electron chi connectivity index (χ4n) is 15.4. The molecule has 0 saturated carbocycles. The minimum absolute atomic E-state index is 0.297. The van der Waals surface area contributed by atoms with Crippen LogP contribution in [0.5, 0.6) is 5.75 Å². The topological polar surface area (TPSA) is 131 Å². The second-order valence-corrected chi connectivity index (χ2v) is 37.3. The number of hydrogen-bond donors (Lipinski definition) is 0. The van der Waals surface area contributed by atoms with E-state index in [2.05, 4.69) is 198 Å². The molecule has 0 bridgehead atoms. The van der Waals surface area contributed by atoms with E-state index in [1.54, 1.807) is 84.9 Å². The molecular weight excluding hydrogens is 1600 g/mol. The fraction of sp³-hybridized carbons (Fsp3) is 0.104. The third-order valence-corrected chi connectivity index (χ3v) is 29.8. The van der Waals surface area contributed by atoms with Gasteiger partial charge >= 0.3 is 40.5 Å². The summed E-state index contributed by atoms with van der Waals surface area (Å²) in [6.45, 7) is 8.35. The summed E-state index contributed by atoms with van der Waals surface area (Å²) in [5, 5.41) is 4.25. The monoisotopic (exact) mass is 1670 g/mol. The molecule has 1 aliphatic heterocycles. The number of hydrogen-bond acceptors (Lipinski definition) is 9. The summed E-state index contributed by atoms with van der Waals surface area (Å²) in [4.78, 5) is 10.0. The van der Waals surface area contributed by atoms with Gasteiger partial charge in [-0.1, -0.05) is 303 Å². The van der Waals surface area contributed by atoms with Gasteiger partial charge in [0.2, 0.25) is 0 Å². The number of aromatic nitrogens is 4. The van der Waals surface area contributed by atoms with Crippen molar-refractivity contribution < 1.29 is 70.6 Å². The van der Waals surface area contributed by atoms with Crippen molar-refractivity contribution in [3.05, 3.63) is 352 Å². The number of pyridine rings is 2. The molecule has 0 atom stereocenters. The van der Waals surface area contributed by atoms with Crippen LogP contribution in [0, 0.1) is 0 Å². The average Bonchev–Trinajstić information content (AvgIpc) is 1.34. The second kappa shape index (κ2) is 30.4. The molecule has 18 aromatic rings. The van der Waals surface area contributed by atoms with Gasteiger partial charge in [0, 0.05) is 53.4 Å². The van der Waals surface area contributed by atoms with E-state index in [0.717, 1.165) is 111 Å². The summed E-state index contributed by atoms with van der Waals surface area (Å²) in [5.74, 6) is -15.9. The van der Waals surface area contributed by atoms with Gasteiger partial charge in [0.1, 0.15) is 17.0 Å². The highest BCUT2D eigenvalue weighted by molar-refractivity contribution is 7.88. The summed E-state index contributed by atoms with van der Waals surface area (Å²) >= 11 is 0. The quantitative estimate of drug-likeness (QED) is 0.0324. The Morgan fingerprint density at radius 3 is 1.03 bits per heavy atom. The molecule has 0 N–H and O–H groups in total. The molecule has 14 aromatic carbocycles. The minimum atomic E-state index is -7.41. The molecule has 1 fully saturated rings. The third-order valence-electron chi connectivity index (χ3n) is 22.4. The Bertz CT molecular complexity index is 7080. The Morgan fingerprint density at radius 1 is 0.333 bits per heavy atom. The summed E-state index contributed by atoms with van der Waals surface area (Å²) in [5.41, 5.74) is 14.0. The highest BCUT2D eigenvalue weighted by Gasteiger charge is 2.86. The van der Waals surface area contributed by atoms with E-state index in [-0.39, 0.29) is 11.2 Å². The molecule has 1 aliphatic rings. The van der Waals surface area contributed by atoms with Crippen LogP contribution in [-0.4, -0.2) is 68.8 Å². The smallest absolute Gasteiger partial charge is 0.399 e. The van der Waals surface area contributed by atoms with Crippen LogP contribution < -0.4 is 41.5 Å². The van der Waals surface area contributed by atoms with E-state index in [1.165, 1.54) is 21.5 Å². The third kappa shape index (κ3) is 13.8. The van der Waals surface area contributed by atoms with Crippen LogP contribution in [0.2, 0.25) is 0 Å². The molecule has 24 heteroatoms. The molecule has 1 saturated heterocycles. The van der Waals surface area contributed by atoms with Gasteiger partial charge in [-0.3, -0.25) is 8.80 Å². The van der Waals surface area contributed by atoms with Crippen molar-refractivity contribution in [3.63, 3.8) is 0 Å². The molecule has 0 unspecified atom stereocenters. The van der Waals surface area contributed by atoms with Gasteiger partial charge in [-0.2, -0.15) is 47.9 Å². The van der Waals surface area contributed by atoms with Crippen LogP contribution >= 0.6 is 14.3 Å². The lowest BCUT2D eigenvalue weighted by Gasteiger charge is -2.32. The van der Waals surface area contributed by atoms with Crippen molar-refractivity contribution in [1.82, 2.24) is 18.8 Å². The van der Waals surface area contributed by atoms with Gasteiger partial charge in [-0.15, -0.1) is 0 Å². The maximum absolute atomic E-state index is 14.8. The predicted molar refractivity (Wildman–Crippen MR) is 463 cm³/mol. The van der Waals surface area contributed by atoms with E-state index < -0.39 is 60.5 Å². The number of para-hydroxylation sites is 4. The highest BCUT2D eigenvalue weighted by atomic mass is 32.2. The van der Waals surface area contributed by atoms with Gasteiger partial charge in [0.15, 0.2) is 14.3 Å². The lowest BCUT2D eigenvalue weighted by atomic mass is 9.78. The van der Waals surface area contributed by atoms with Crippen molar-refractivity contribution in [2.45, 2.75) is 62.2 Å². The first-order valence-electron chi connectivity index (χ1n) is 38.2. The number of fused-ring (bicyclic) bond motifs is 16.